The van der Waals surface area contributed by atoms with Gasteiger partial charge in [0.05, 0.1) is 19.8 Å². The molecular weight excluding hydrogens is 184 g/mol. The molecule has 2 heterocycles. The Hall–Kier alpha value is -0.610. The Morgan fingerprint density at radius 1 is 1.14 bits per heavy atom. The molecule has 0 aromatic heterocycles. The van der Waals surface area contributed by atoms with Crippen LogP contribution in [-0.4, -0.2) is 38.0 Å². The molecule has 80 valence electrons. The quantitative estimate of drug-likeness (QED) is 0.590. The third kappa shape index (κ3) is 2.45. The highest BCUT2D eigenvalue weighted by Gasteiger charge is 2.29. The molecule has 0 aromatic rings. The summed E-state index contributed by atoms with van der Waals surface area (Å²) in [5, 5.41) is 0. The number of esters is 1. The van der Waals surface area contributed by atoms with Gasteiger partial charge in [-0.25, -0.2) is 0 Å². The average molecular weight is 200 g/mol. The summed E-state index contributed by atoms with van der Waals surface area (Å²) in [6.07, 6.45) is 3.28. The van der Waals surface area contributed by atoms with E-state index >= 15 is 0 Å². The van der Waals surface area contributed by atoms with Gasteiger partial charge < -0.3 is 14.2 Å². The van der Waals surface area contributed by atoms with Crippen LogP contribution in [0.2, 0.25) is 0 Å². The first kappa shape index (κ1) is 9.93. The Labute approximate surface area is 83.5 Å². The van der Waals surface area contributed by atoms with Crippen LogP contribution in [0.5, 0.6) is 0 Å². The monoisotopic (exact) mass is 200 g/mol. The van der Waals surface area contributed by atoms with Crippen molar-refractivity contribution in [1.82, 2.24) is 0 Å². The number of cyclic esters (lactones) is 1. The lowest BCUT2D eigenvalue weighted by molar-refractivity contribution is -0.170. The van der Waals surface area contributed by atoms with Crippen molar-refractivity contribution in [2.45, 2.75) is 37.9 Å². The molecule has 14 heavy (non-hydrogen) atoms. The molecule has 4 heteroatoms. The summed E-state index contributed by atoms with van der Waals surface area (Å²) in [6.45, 7) is 1.81. The van der Waals surface area contributed by atoms with Gasteiger partial charge in [-0.3, -0.25) is 4.79 Å². The van der Waals surface area contributed by atoms with Gasteiger partial charge in [0.1, 0.15) is 12.2 Å². The van der Waals surface area contributed by atoms with Gasteiger partial charge >= 0.3 is 5.97 Å². The predicted octanol–water partition coefficient (Wildman–Crippen LogP) is 0.888. The van der Waals surface area contributed by atoms with Gasteiger partial charge in [0, 0.05) is 6.42 Å². The Bertz CT molecular complexity index is 198. The molecule has 0 radical (unpaired) electrons. The number of rotatable bonds is 1. The van der Waals surface area contributed by atoms with Crippen molar-refractivity contribution in [2.75, 3.05) is 19.8 Å². The topological polar surface area (TPSA) is 44.8 Å². The minimum atomic E-state index is -0.0957. The summed E-state index contributed by atoms with van der Waals surface area (Å²) >= 11 is 0. The fourth-order valence-corrected chi connectivity index (χ4v) is 1.88. The summed E-state index contributed by atoms with van der Waals surface area (Å²) in [5.41, 5.74) is 0. The van der Waals surface area contributed by atoms with E-state index in [1.54, 1.807) is 0 Å². The summed E-state index contributed by atoms with van der Waals surface area (Å²) < 4.78 is 16.1. The van der Waals surface area contributed by atoms with Crippen molar-refractivity contribution in [2.24, 2.45) is 0 Å². The highest BCUT2D eigenvalue weighted by Crippen LogP contribution is 2.20. The van der Waals surface area contributed by atoms with Gasteiger partial charge in [0.2, 0.25) is 0 Å². The van der Waals surface area contributed by atoms with Gasteiger partial charge in [-0.15, -0.1) is 0 Å². The van der Waals surface area contributed by atoms with E-state index in [0.717, 1.165) is 19.3 Å². The maximum Gasteiger partial charge on any atom is 0.306 e. The van der Waals surface area contributed by atoms with E-state index in [0.29, 0.717) is 26.2 Å². The molecule has 4 nitrogen and oxygen atoms in total. The molecule has 2 fully saturated rings. The maximum absolute atomic E-state index is 11.2. The molecule has 2 aliphatic heterocycles. The molecule has 0 saturated carbocycles. The molecule has 0 aliphatic carbocycles. The van der Waals surface area contributed by atoms with E-state index in [1.165, 1.54) is 0 Å². The number of hydrogen-bond donors (Lipinski definition) is 0. The Morgan fingerprint density at radius 3 is 2.86 bits per heavy atom. The summed E-state index contributed by atoms with van der Waals surface area (Å²) in [4.78, 5) is 11.2. The van der Waals surface area contributed by atoms with Crippen molar-refractivity contribution in [3.05, 3.63) is 0 Å². The molecule has 0 aromatic carbocycles. The first-order valence-electron chi connectivity index (χ1n) is 5.25. The van der Waals surface area contributed by atoms with Crippen molar-refractivity contribution in [3.63, 3.8) is 0 Å². The SMILES string of the molecule is O=C1CCCCC(C2COCCO2)O1. The zero-order valence-corrected chi connectivity index (χ0v) is 8.24. The fourth-order valence-electron chi connectivity index (χ4n) is 1.88. The second-order valence-corrected chi connectivity index (χ2v) is 3.76. The van der Waals surface area contributed by atoms with Gasteiger partial charge in [0.25, 0.3) is 0 Å². The zero-order valence-electron chi connectivity index (χ0n) is 8.24. The van der Waals surface area contributed by atoms with Gasteiger partial charge in [0.15, 0.2) is 0 Å². The Morgan fingerprint density at radius 2 is 2.07 bits per heavy atom. The summed E-state index contributed by atoms with van der Waals surface area (Å²) in [5.74, 6) is -0.0957. The van der Waals surface area contributed by atoms with E-state index in [2.05, 4.69) is 0 Å². The minimum Gasteiger partial charge on any atom is -0.459 e. The van der Waals surface area contributed by atoms with Crippen LogP contribution in [0.15, 0.2) is 0 Å². The van der Waals surface area contributed by atoms with Gasteiger partial charge in [-0.1, -0.05) is 0 Å². The van der Waals surface area contributed by atoms with Crippen LogP contribution in [0, 0.1) is 0 Å². The highest BCUT2D eigenvalue weighted by molar-refractivity contribution is 5.69. The highest BCUT2D eigenvalue weighted by atomic mass is 16.6. The van der Waals surface area contributed by atoms with Crippen molar-refractivity contribution < 1.29 is 19.0 Å². The number of ether oxygens (including phenoxy) is 3. The number of hydrogen-bond acceptors (Lipinski definition) is 4. The Balaban J connectivity index is 1.90. The summed E-state index contributed by atoms with van der Waals surface area (Å²) in [6, 6.07) is 0. The number of carbonyl (C=O) groups excluding carboxylic acids is 1. The van der Waals surface area contributed by atoms with Gasteiger partial charge in [-0.2, -0.15) is 0 Å². The average Bonchev–Trinajstić information content (AvgIpc) is 2.44. The van der Waals surface area contributed by atoms with E-state index in [-0.39, 0.29) is 18.2 Å². The third-order valence-electron chi connectivity index (χ3n) is 2.66. The third-order valence-corrected chi connectivity index (χ3v) is 2.66. The molecule has 2 saturated heterocycles. The molecular formula is C10H16O4. The molecule has 2 rings (SSSR count). The lowest BCUT2D eigenvalue weighted by atomic mass is 10.1. The maximum atomic E-state index is 11.2. The smallest absolute Gasteiger partial charge is 0.306 e. The largest absolute Gasteiger partial charge is 0.459 e. The second kappa shape index (κ2) is 4.75. The van der Waals surface area contributed by atoms with Crippen LogP contribution in [0.3, 0.4) is 0 Å². The van der Waals surface area contributed by atoms with E-state index < -0.39 is 0 Å². The molecule has 0 N–H and O–H groups in total. The summed E-state index contributed by atoms with van der Waals surface area (Å²) in [7, 11) is 0. The van der Waals surface area contributed by atoms with E-state index in [1.807, 2.05) is 0 Å². The van der Waals surface area contributed by atoms with E-state index in [9.17, 15) is 4.79 Å². The normalized spacial score (nSPS) is 34.7. The molecule has 0 amide bonds. The van der Waals surface area contributed by atoms with Crippen molar-refractivity contribution >= 4 is 5.97 Å². The second-order valence-electron chi connectivity index (χ2n) is 3.76. The Kier molecular flexibility index (Phi) is 3.37. The first-order chi connectivity index (χ1) is 6.86. The molecule has 0 spiro atoms. The van der Waals surface area contributed by atoms with Crippen LogP contribution < -0.4 is 0 Å². The lowest BCUT2D eigenvalue weighted by Gasteiger charge is -2.29. The fraction of sp³-hybridized carbons (Fsp3) is 0.900. The van der Waals surface area contributed by atoms with Crippen LogP contribution in [0.1, 0.15) is 25.7 Å². The predicted molar refractivity (Wildman–Crippen MR) is 48.9 cm³/mol. The number of carbonyl (C=O) groups is 1. The molecule has 0 bridgehead atoms. The lowest BCUT2D eigenvalue weighted by Crippen LogP contribution is -2.40. The van der Waals surface area contributed by atoms with Crippen molar-refractivity contribution in [3.8, 4) is 0 Å². The van der Waals surface area contributed by atoms with Crippen LogP contribution in [0.25, 0.3) is 0 Å². The first-order valence-corrected chi connectivity index (χ1v) is 5.25. The van der Waals surface area contributed by atoms with Gasteiger partial charge in [-0.05, 0) is 19.3 Å². The minimum absolute atomic E-state index is 0.0502. The molecule has 2 unspecified atom stereocenters. The standard InChI is InChI=1S/C10H16O4/c11-10-4-2-1-3-8(14-10)9-7-12-5-6-13-9/h8-9H,1-7H2. The van der Waals surface area contributed by atoms with Crippen LogP contribution in [0.4, 0.5) is 0 Å². The molecule has 2 atom stereocenters. The van der Waals surface area contributed by atoms with Crippen LogP contribution in [-0.2, 0) is 19.0 Å². The van der Waals surface area contributed by atoms with Crippen LogP contribution >= 0.6 is 0 Å². The zero-order chi connectivity index (χ0) is 9.80. The molecule has 2 aliphatic rings. The van der Waals surface area contributed by atoms with Crippen molar-refractivity contribution in [1.29, 1.82) is 0 Å². The van der Waals surface area contributed by atoms with E-state index in [4.69, 9.17) is 14.2 Å².